The van der Waals surface area contributed by atoms with Crippen molar-refractivity contribution >= 4 is 21.6 Å². The lowest BCUT2D eigenvalue weighted by atomic mass is 10.1. The highest BCUT2D eigenvalue weighted by Gasteiger charge is 2.29. The van der Waals surface area contributed by atoms with Gasteiger partial charge in [-0.05, 0) is 56.5 Å². The molecular weight excluding hydrogens is 376 g/mol. The third kappa shape index (κ3) is 5.99. The molecule has 6 nitrogen and oxygen atoms in total. The van der Waals surface area contributed by atoms with Crippen molar-refractivity contribution in [2.75, 3.05) is 17.7 Å². The lowest BCUT2D eigenvalue weighted by Gasteiger charge is -2.29. The largest absolute Gasteiger partial charge is 0.497 e. The second-order valence-electron chi connectivity index (χ2n) is 6.87. The number of carbonyl (C=O) groups excluding carboxylic acids is 1. The van der Waals surface area contributed by atoms with E-state index in [1.54, 1.807) is 31.2 Å². The van der Waals surface area contributed by atoms with Gasteiger partial charge in [-0.2, -0.15) is 0 Å². The van der Waals surface area contributed by atoms with Crippen LogP contribution in [0.15, 0.2) is 54.6 Å². The Bertz CT molecular complexity index is 867. The Kier molecular flexibility index (Phi) is 7.45. The Morgan fingerprint density at radius 1 is 1.07 bits per heavy atom. The second-order valence-corrected chi connectivity index (χ2v) is 8.73. The monoisotopic (exact) mass is 404 g/mol. The number of amides is 1. The van der Waals surface area contributed by atoms with E-state index in [4.69, 9.17) is 4.74 Å². The van der Waals surface area contributed by atoms with Gasteiger partial charge >= 0.3 is 0 Å². The van der Waals surface area contributed by atoms with Gasteiger partial charge in [-0.25, -0.2) is 8.42 Å². The average molecular weight is 405 g/mol. The van der Waals surface area contributed by atoms with Gasteiger partial charge in [-0.15, -0.1) is 0 Å². The van der Waals surface area contributed by atoms with Gasteiger partial charge in [0.05, 0.1) is 19.1 Å². The van der Waals surface area contributed by atoms with Crippen molar-refractivity contribution in [1.82, 2.24) is 5.32 Å². The van der Waals surface area contributed by atoms with E-state index >= 15 is 0 Å². The summed E-state index contributed by atoms with van der Waals surface area (Å²) < 4.78 is 30.9. The van der Waals surface area contributed by atoms with E-state index in [9.17, 15) is 13.2 Å². The third-order valence-corrected chi connectivity index (χ3v) is 5.75. The summed E-state index contributed by atoms with van der Waals surface area (Å²) in [5.74, 6) is 0.283. The number of benzene rings is 2. The topological polar surface area (TPSA) is 75.7 Å². The van der Waals surface area contributed by atoms with Crippen LogP contribution < -0.4 is 14.4 Å². The zero-order valence-electron chi connectivity index (χ0n) is 16.8. The molecular formula is C21H28N2O4S. The Labute approximate surface area is 167 Å². The molecule has 2 aromatic rings. The van der Waals surface area contributed by atoms with Gasteiger partial charge in [0.15, 0.2) is 0 Å². The van der Waals surface area contributed by atoms with Crippen LogP contribution in [-0.4, -0.2) is 39.8 Å². The molecule has 28 heavy (non-hydrogen) atoms. The van der Waals surface area contributed by atoms with Crippen molar-refractivity contribution < 1.29 is 17.9 Å². The maximum absolute atomic E-state index is 12.7. The van der Waals surface area contributed by atoms with Crippen LogP contribution in [0.1, 0.15) is 25.8 Å². The number of hydrogen-bond acceptors (Lipinski definition) is 4. The van der Waals surface area contributed by atoms with Crippen LogP contribution in [0.5, 0.6) is 5.75 Å². The van der Waals surface area contributed by atoms with Gasteiger partial charge in [0.2, 0.25) is 15.9 Å². The first-order valence-electron chi connectivity index (χ1n) is 9.20. The SMILES string of the molecule is COc1ccc(N([C@@H](C)C(=O)N[C@@H](C)CCc2ccccc2)S(C)(=O)=O)cc1. The van der Waals surface area contributed by atoms with Crippen molar-refractivity contribution in [3.05, 3.63) is 60.2 Å². The minimum atomic E-state index is -3.64. The maximum Gasteiger partial charge on any atom is 0.243 e. The number of hydrogen-bond donors (Lipinski definition) is 1. The van der Waals surface area contributed by atoms with E-state index in [2.05, 4.69) is 5.32 Å². The van der Waals surface area contributed by atoms with Crippen LogP contribution in [0.4, 0.5) is 5.69 Å². The second kappa shape index (κ2) is 9.59. The summed E-state index contributed by atoms with van der Waals surface area (Å²) in [6.45, 7) is 3.51. The summed E-state index contributed by atoms with van der Waals surface area (Å²) >= 11 is 0. The molecule has 2 atom stereocenters. The molecule has 0 aliphatic heterocycles. The number of sulfonamides is 1. The number of anilines is 1. The van der Waals surface area contributed by atoms with Crippen molar-refractivity contribution in [2.45, 2.75) is 38.8 Å². The van der Waals surface area contributed by atoms with E-state index in [0.717, 1.165) is 23.4 Å². The molecule has 0 aliphatic carbocycles. The predicted molar refractivity (Wildman–Crippen MR) is 112 cm³/mol. The van der Waals surface area contributed by atoms with Crippen molar-refractivity contribution in [3.8, 4) is 5.75 Å². The normalized spacial score (nSPS) is 13.4. The number of ether oxygens (including phenoxy) is 1. The minimum absolute atomic E-state index is 0.0765. The van der Waals surface area contributed by atoms with E-state index in [-0.39, 0.29) is 11.9 Å². The molecule has 0 bridgehead atoms. The molecule has 0 unspecified atom stereocenters. The number of aryl methyl sites for hydroxylation is 1. The van der Waals surface area contributed by atoms with Crippen LogP contribution in [0.3, 0.4) is 0 Å². The average Bonchev–Trinajstić information content (AvgIpc) is 2.66. The van der Waals surface area contributed by atoms with Gasteiger partial charge in [0.1, 0.15) is 11.8 Å². The number of nitrogens with zero attached hydrogens (tertiary/aromatic N) is 1. The molecule has 1 amide bonds. The summed E-state index contributed by atoms with van der Waals surface area (Å²) in [6, 6.07) is 15.7. The highest BCUT2D eigenvalue weighted by atomic mass is 32.2. The first-order valence-corrected chi connectivity index (χ1v) is 11.0. The van der Waals surface area contributed by atoms with Crippen molar-refractivity contribution in [1.29, 1.82) is 0 Å². The molecule has 2 aromatic carbocycles. The molecule has 152 valence electrons. The Balaban J connectivity index is 2.06. The van der Waals surface area contributed by atoms with Gasteiger partial charge in [-0.1, -0.05) is 30.3 Å². The van der Waals surface area contributed by atoms with Crippen molar-refractivity contribution in [2.24, 2.45) is 0 Å². The van der Waals surface area contributed by atoms with Crippen LogP contribution >= 0.6 is 0 Å². The van der Waals surface area contributed by atoms with Gasteiger partial charge in [-0.3, -0.25) is 9.10 Å². The minimum Gasteiger partial charge on any atom is -0.497 e. The lowest BCUT2D eigenvalue weighted by molar-refractivity contribution is -0.122. The molecule has 0 aliphatic rings. The Morgan fingerprint density at radius 2 is 1.68 bits per heavy atom. The predicted octanol–water partition coefficient (Wildman–Crippen LogP) is 2.99. The summed E-state index contributed by atoms with van der Waals surface area (Å²) in [7, 11) is -2.10. The molecule has 7 heteroatoms. The van der Waals surface area contributed by atoms with E-state index < -0.39 is 16.1 Å². The Hall–Kier alpha value is -2.54. The summed E-state index contributed by atoms with van der Waals surface area (Å²) in [4.78, 5) is 12.7. The van der Waals surface area contributed by atoms with Gasteiger partial charge in [0, 0.05) is 6.04 Å². The lowest BCUT2D eigenvalue weighted by Crippen LogP contribution is -2.49. The number of nitrogens with one attached hydrogen (secondary N) is 1. The van der Waals surface area contributed by atoms with Crippen molar-refractivity contribution in [3.63, 3.8) is 0 Å². The molecule has 1 N–H and O–H groups in total. The molecule has 0 saturated heterocycles. The molecule has 0 spiro atoms. The van der Waals surface area contributed by atoms with E-state index in [1.165, 1.54) is 12.7 Å². The van der Waals surface area contributed by atoms with Gasteiger partial charge < -0.3 is 10.1 Å². The smallest absolute Gasteiger partial charge is 0.243 e. The first kappa shape index (κ1) is 21.8. The molecule has 0 saturated carbocycles. The summed E-state index contributed by atoms with van der Waals surface area (Å²) in [5, 5.41) is 2.93. The highest BCUT2D eigenvalue weighted by molar-refractivity contribution is 7.92. The Morgan fingerprint density at radius 3 is 2.21 bits per heavy atom. The zero-order chi connectivity index (χ0) is 20.7. The number of carbonyl (C=O) groups is 1. The molecule has 0 radical (unpaired) electrons. The van der Waals surface area contributed by atoms with Crippen LogP contribution in [0.25, 0.3) is 0 Å². The fraction of sp³-hybridized carbons (Fsp3) is 0.381. The highest BCUT2D eigenvalue weighted by Crippen LogP contribution is 2.24. The van der Waals surface area contributed by atoms with E-state index in [0.29, 0.717) is 11.4 Å². The number of methoxy groups -OCH3 is 1. The first-order chi connectivity index (χ1) is 13.2. The quantitative estimate of drug-likeness (QED) is 0.697. The van der Waals surface area contributed by atoms with Crippen LogP contribution in [-0.2, 0) is 21.2 Å². The maximum atomic E-state index is 12.7. The standard InChI is InChI=1S/C21H28N2O4S/c1-16(10-11-18-8-6-5-7-9-18)22-21(24)17(2)23(28(4,25)26)19-12-14-20(27-3)15-13-19/h5-9,12-17H,10-11H2,1-4H3,(H,22,24)/t16-,17-/m0/s1. The number of rotatable bonds is 9. The molecule has 0 aromatic heterocycles. The molecule has 0 heterocycles. The van der Waals surface area contributed by atoms with E-state index in [1.807, 2.05) is 37.3 Å². The fourth-order valence-corrected chi connectivity index (χ4v) is 4.18. The zero-order valence-corrected chi connectivity index (χ0v) is 17.6. The third-order valence-electron chi connectivity index (χ3n) is 4.51. The summed E-state index contributed by atoms with van der Waals surface area (Å²) in [6.07, 6.45) is 2.70. The molecule has 2 rings (SSSR count). The fourth-order valence-electron chi connectivity index (χ4n) is 3.00. The van der Waals surface area contributed by atoms with Crippen LogP contribution in [0.2, 0.25) is 0 Å². The van der Waals surface area contributed by atoms with Crippen LogP contribution in [0, 0.1) is 0 Å². The van der Waals surface area contributed by atoms with Gasteiger partial charge in [0.25, 0.3) is 0 Å². The summed E-state index contributed by atoms with van der Waals surface area (Å²) in [5.41, 5.74) is 1.62. The molecule has 0 fully saturated rings.